The van der Waals surface area contributed by atoms with Crippen molar-refractivity contribution in [2.45, 2.75) is 27.2 Å². The van der Waals surface area contributed by atoms with E-state index in [4.69, 9.17) is 4.74 Å². The molecule has 28 heavy (non-hydrogen) atoms. The highest BCUT2D eigenvalue weighted by molar-refractivity contribution is 6.13. The van der Waals surface area contributed by atoms with Crippen molar-refractivity contribution in [3.05, 3.63) is 59.2 Å². The molecule has 0 bridgehead atoms. The van der Waals surface area contributed by atoms with Crippen molar-refractivity contribution in [3.63, 3.8) is 0 Å². The molecule has 1 aliphatic heterocycles. The van der Waals surface area contributed by atoms with Crippen LogP contribution >= 0.6 is 0 Å². The van der Waals surface area contributed by atoms with Crippen molar-refractivity contribution < 1.29 is 19.1 Å². The second kappa shape index (κ2) is 8.25. The van der Waals surface area contributed by atoms with Crippen LogP contribution in [0.25, 0.3) is 0 Å². The third-order valence-electron chi connectivity index (χ3n) is 4.97. The maximum absolute atomic E-state index is 12.8. The molecule has 6 heteroatoms. The fraction of sp³-hybridized carbons (Fsp3) is 0.318. The van der Waals surface area contributed by atoms with Crippen molar-refractivity contribution in [2.24, 2.45) is 5.92 Å². The van der Waals surface area contributed by atoms with Gasteiger partial charge in [-0.25, -0.2) is 4.79 Å². The monoisotopic (exact) mass is 380 g/mol. The number of benzene rings is 2. The average molecular weight is 380 g/mol. The molecule has 6 nitrogen and oxygen atoms in total. The zero-order chi connectivity index (χ0) is 20.3. The van der Waals surface area contributed by atoms with Gasteiger partial charge in [0.25, 0.3) is 0 Å². The van der Waals surface area contributed by atoms with Gasteiger partial charge >= 0.3 is 5.97 Å². The summed E-state index contributed by atoms with van der Waals surface area (Å²) in [5, 5.41) is 2.75. The molecule has 1 fully saturated rings. The summed E-state index contributed by atoms with van der Waals surface area (Å²) in [6, 6.07) is 12.4. The van der Waals surface area contributed by atoms with Crippen LogP contribution in [0.15, 0.2) is 42.5 Å². The Morgan fingerprint density at radius 2 is 1.93 bits per heavy atom. The number of carbonyl (C=O) groups is 3. The van der Waals surface area contributed by atoms with Gasteiger partial charge in [-0.05, 0) is 68.7 Å². The molecule has 1 unspecified atom stereocenters. The van der Waals surface area contributed by atoms with Gasteiger partial charge in [0, 0.05) is 17.9 Å². The van der Waals surface area contributed by atoms with Crippen LogP contribution in [0, 0.1) is 19.8 Å². The summed E-state index contributed by atoms with van der Waals surface area (Å²) in [6.07, 6.45) is 0.454. The Bertz CT molecular complexity index is 923. The molecule has 1 aliphatic rings. The number of hydrogen-bond acceptors (Lipinski definition) is 4. The molecule has 0 saturated carbocycles. The van der Waals surface area contributed by atoms with Gasteiger partial charge in [0.2, 0.25) is 11.8 Å². The summed E-state index contributed by atoms with van der Waals surface area (Å²) in [7, 11) is 0. The fourth-order valence-electron chi connectivity index (χ4n) is 3.24. The van der Waals surface area contributed by atoms with Crippen LogP contribution in [0.3, 0.4) is 0 Å². The minimum Gasteiger partial charge on any atom is -0.462 e. The summed E-state index contributed by atoms with van der Waals surface area (Å²) >= 11 is 0. The summed E-state index contributed by atoms with van der Waals surface area (Å²) in [5.74, 6) is -1.76. The number of rotatable bonds is 5. The largest absolute Gasteiger partial charge is 0.462 e. The highest BCUT2D eigenvalue weighted by Crippen LogP contribution is 2.28. The second-order valence-corrected chi connectivity index (χ2v) is 6.89. The van der Waals surface area contributed by atoms with E-state index in [0.29, 0.717) is 24.2 Å². The summed E-state index contributed by atoms with van der Waals surface area (Å²) in [6.45, 7) is 6.53. The van der Waals surface area contributed by atoms with Gasteiger partial charge in [-0.2, -0.15) is 0 Å². The van der Waals surface area contributed by atoms with Gasteiger partial charge in [-0.3, -0.25) is 9.59 Å². The number of esters is 1. The summed E-state index contributed by atoms with van der Waals surface area (Å²) in [5.41, 5.74) is 3.90. The molecule has 3 rings (SSSR count). The van der Waals surface area contributed by atoms with Gasteiger partial charge in [0.05, 0.1) is 12.2 Å². The number of carbonyl (C=O) groups excluding carboxylic acids is 3. The van der Waals surface area contributed by atoms with E-state index in [-0.39, 0.29) is 18.4 Å². The van der Waals surface area contributed by atoms with E-state index in [1.807, 2.05) is 32.0 Å². The number of anilines is 2. The lowest BCUT2D eigenvalue weighted by molar-refractivity contribution is -0.129. The van der Waals surface area contributed by atoms with E-state index in [1.54, 1.807) is 36.1 Å². The van der Waals surface area contributed by atoms with Crippen molar-refractivity contribution in [3.8, 4) is 0 Å². The maximum atomic E-state index is 12.8. The van der Waals surface area contributed by atoms with Gasteiger partial charge in [-0.1, -0.05) is 12.1 Å². The quantitative estimate of drug-likeness (QED) is 0.637. The van der Waals surface area contributed by atoms with Gasteiger partial charge in [0.1, 0.15) is 5.92 Å². The smallest absolute Gasteiger partial charge is 0.338 e. The van der Waals surface area contributed by atoms with Crippen molar-refractivity contribution >= 4 is 29.2 Å². The molecule has 0 aromatic heterocycles. The predicted molar refractivity (Wildman–Crippen MR) is 107 cm³/mol. The molecule has 0 radical (unpaired) electrons. The minimum absolute atomic E-state index is 0.206. The first-order valence-electron chi connectivity index (χ1n) is 9.37. The normalized spacial score (nSPS) is 16.2. The topological polar surface area (TPSA) is 75.7 Å². The highest BCUT2D eigenvalue weighted by atomic mass is 16.5. The zero-order valence-electron chi connectivity index (χ0n) is 16.3. The molecule has 2 aromatic rings. The van der Waals surface area contributed by atoms with Gasteiger partial charge in [0.15, 0.2) is 0 Å². The molecule has 1 saturated heterocycles. The molecule has 146 valence electrons. The molecule has 0 spiro atoms. The number of amides is 2. The van der Waals surface area contributed by atoms with Crippen molar-refractivity contribution in [1.82, 2.24) is 0 Å². The van der Waals surface area contributed by atoms with Crippen molar-refractivity contribution in [1.29, 1.82) is 0 Å². The lowest BCUT2D eigenvalue weighted by Crippen LogP contribution is -2.33. The molecule has 0 aliphatic carbocycles. The Morgan fingerprint density at radius 1 is 1.14 bits per heavy atom. The Balaban J connectivity index is 1.70. The van der Waals surface area contributed by atoms with Gasteiger partial charge < -0.3 is 15.0 Å². The van der Waals surface area contributed by atoms with Crippen LogP contribution in [0.5, 0.6) is 0 Å². The van der Waals surface area contributed by atoms with E-state index < -0.39 is 11.9 Å². The molecule has 1 atom stereocenters. The minimum atomic E-state index is -0.743. The number of aryl methyl sites for hydroxylation is 2. The number of hydrogen-bond donors (Lipinski definition) is 1. The fourth-order valence-corrected chi connectivity index (χ4v) is 3.24. The maximum Gasteiger partial charge on any atom is 0.338 e. The highest BCUT2D eigenvalue weighted by Gasteiger charge is 2.37. The molecular weight excluding hydrogens is 356 g/mol. The van der Waals surface area contributed by atoms with Gasteiger partial charge in [-0.15, -0.1) is 0 Å². The SMILES string of the molecule is CCOC(=O)c1cccc(NC(=O)C2CCN(c3ccc(C)c(C)c3)C2=O)c1. The third kappa shape index (κ3) is 4.06. The Labute approximate surface area is 164 Å². The average Bonchev–Trinajstić information content (AvgIpc) is 3.06. The first-order valence-corrected chi connectivity index (χ1v) is 9.37. The van der Waals surface area contributed by atoms with E-state index >= 15 is 0 Å². The molecule has 1 N–H and O–H groups in total. The molecular formula is C22H24N2O4. The predicted octanol–water partition coefficient (Wildman–Crippen LogP) is 3.47. The Hall–Kier alpha value is -3.15. The lowest BCUT2D eigenvalue weighted by atomic mass is 10.1. The molecule has 2 amide bonds. The Morgan fingerprint density at radius 3 is 2.64 bits per heavy atom. The number of ether oxygens (including phenoxy) is 1. The number of nitrogens with zero attached hydrogens (tertiary/aromatic N) is 1. The Kier molecular flexibility index (Phi) is 5.78. The van der Waals surface area contributed by atoms with E-state index in [0.717, 1.165) is 16.8 Å². The van der Waals surface area contributed by atoms with E-state index in [1.165, 1.54) is 0 Å². The zero-order valence-corrected chi connectivity index (χ0v) is 16.3. The van der Waals surface area contributed by atoms with Crippen LogP contribution in [0.2, 0.25) is 0 Å². The standard InChI is InChI=1S/C22H24N2O4/c1-4-28-22(27)16-6-5-7-17(13-16)23-20(25)19-10-11-24(21(19)26)18-9-8-14(2)15(3)12-18/h5-9,12-13,19H,4,10-11H2,1-3H3,(H,23,25). The van der Waals surface area contributed by atoms with E-state index in [9.17, 15) is 14.4 Å². The lowest BCUT2D eigenvalue weighted by Gasteiger charge is -2.18. The van der Waals surface area contributed by atoms with E-state index in [2.05, 4.69) is 5.32 Å². The first-order chi connectivity index (χ1) is 13.4. The van der Waals surface area contributed by atoms with Crippen LogP contribution < -0.4 is 10.2 Å². The molecule has 1 heterocycles. The van der Waals surface area contributed by atoms with Crippen LogP contribution in [0.4, 0.5) is 11.4 Å². The first kappa shape index (κ1) is 19.6. The van der Waals surface area contributed by atoms with Crippen molar-refractivity contribution in [2.75, 3.05) is 23.4 Å². The summed E-state index contributed by atoms with van der Waals surface area (Å²) in [4.78, 5) is 38.9. The second-order valence-electron chi connectivity index (χ2n) is 6.89. The third-order valence-corrected chi connectivity index (χ3v) is 4.97. The van der Waals surface area contributed by atoms with Crippen LogP contribution in [-0.2, 0) is 14.3 Å². The summed E-state index contributed by atoms with van der Waals surface area (Å²) < 4.78 is 4.97. The van der Waals surface area contributed by atoms with Crippen LogP contribution in [0.1, 0.15) is 34.8 Å². The molecule has 2 aromatic carbocycles. The van der Waals surface area contributed by atoms with Crippen LogP contribution in [-0.4, -0.2) is 30.9 Å². The number of nitrogens with one attached hydrogen (secondary N) is 1.